The number of halogens is 2. The average molecular weight is 448 g/mol. The van der Waals surface area contributed by atoms with Gasteiger partial charge in [-0.2, -0.15) is 0 Å². The van der Waals surface area contributed by atoms with Crippen LogP contribution in [0.5, 0.6) is 0 Å². The summed E-state index contributed by atoms with van der Waals surface area (Å²) in [6, 6.07) is 5.63. The fourth-order valence-electron chi connectivity index (χ4n) is 4.29. The van der Waals surface area contributed by atoms with Crippen LogP contribution in [0.1, 0.15) is 58.4 Å². The van der Waals surface area contributed by atoms with Gasteiger partial charge in [-0.1, -0.05) is 48.7 Å². The lowest BCUT2D eigenvalue weighted by Gasteiger charge is -2.29. The third kappa shape index (κ3) is 5.35. The summed E-state index contributed by atoms with van der Waals surface area (Å²) in [4.78, 5) is 19.9. The Bertz CT molecular complexity index is 890. The van der Waals surface area contributed by atoms with E-state index < -0.39 is 0 Å². The molecule has 0 saturated carbocycles. The molecule has 2 heterocycles. The molecule has 0 aromatic heterocycles. The third-order valence-electron chi connectivity index (χ3n) is 6.09. The molecule has 0 aliphatic carbocycles. The van der Waals surface area contributed by atoms with Crippen molar-refractivity contribution in [3.63, 3.8) is 0 Å². The van der Waals surface area contributed by atoms with Crippen molar-refractivity contribution in [2.75, 3.05) is 19.6 Å². The zero-order chi connectivity index (χ0) is 21.7. The molecule has 1 aromatic carbocycles. The Morgan fingerprint density at radius 3 is 2.70 bits per heavy atom. The van der Waals surface area contributed by atoms with E-state index in [0.717, 1.165) is 62.9 Å². The van der Waals surface area contributed by atoms with Gasteiger partial charge < -0.3 is 10.2 Å². The van der Waals surface area contributed by atoms with Crippen molar-refractivity contribution in [3.8, 4) is 0 Å². The van der Waals surface area contributed by atoms with Crippen molar-refractivity contribution in [3.05, 3.63) is 51.2 Å². The number of hydrogen-bond donors (Lipinski definition) is 1. The van der Waals surface area contributed by atoms with E-state index in [9.17, 15) is 4.79 Å². The maximum absolute atomic E-state index is 13.4. The minimum absolute atomic E-state index is 0.00177. The maximum atomic E-state index is 13.4. The van der Waals surface area contributed by atoms with Crippen LogP contribution in [0.2, 0.25) is 10.0 Å². The smallest absolute Gasteiger partial charge is 0.272 e. The Balaban J connectivity index is 1.88. The summed E-state index contributed by atoms with van der Waals surface area (Å²) in [6.45, 7) is 8.95. The molecule has 4 nitrogen and oxygen atoms in total. The lowest BCUT2D eigenvalue weighted by molar-refractivity contribution is -0.127. The SMILES string of the molecule is CCNC1(C)CCCN(C(=O)C2=CC(c3ccc(Cl)c(Cl)c3)=C(CC)CC=N2)CC1. The highest BCUT2D eigenvalue weighted by atomic mass is 35.5. The minimum Gasteiger partial charge on any atom is -0.337 e. The van der Waals surface area contributed by atoms with Crippen LogP contribution in [-0.4, -0.2) is 42.2 Å². The van der Waals surface area contributed by atoms with E-state index in [4.69, 9.17) is 23.2 Å². The first kappa shape index (κ1) is 23.1. The molecule has 0 bridgehead atoms. The number of aliphatic imine (C=N–C) groups is 1. The van der Waals surface area contributed by atoms with Crippen LogP contribution in [0.3, 0.4) is 0 Å². The first-order valence-electron chi connectivity index (χ1n) is 10.8. The second-order valence-electron chi connectivity index (χ2n) is 8.28. The summed E-state index contributed by atoms with van der Waals surface area (Å²) < 4.78 is 0. The topological polar surface area (TPSA) is 44.7 Å². The molecule has 162 valence electrons. The summed E-state index contributed by atoms with van der Waals surface area (Å²) in [5, 5.41) is 4.63. The first-order chi connectivity index (χ1) is 14.4. The molecule has 0 radical (unpaired) electrons. The summed E-state index contributed by atoms with van der Waals surface area (Å²) in [5.74, 6) is 0.00177. The van der Waals surface area contributed by atoms with Gasteiger partial charge in [-0.15, -0.1) is 0 Å². The van der Waals surface area contributed by atoms with Crippen LogP contribution in [0.15, 0.2) is 40.5 Å². The zero-order valence-electron chi connectivity index (χ0n) is 18.1. The van der Waals surface area contributed by atoms with Crippen LogP contribution < -0.4 is 5.32 Å². The molecule has 1 saturated heterocycles. The highest BCUT2D eigenvalue weighted by Crippen LogP contribution is 2.32. The number of allylic oxidation sites excluding steroid dienone is 3. The number of nitrogens with zero attached hydrogens (tertiary/aromatic N) is 2. The Morgan fingerprint density at radius 1 is 1.20 bits per heavy atom. The summed E-state index contributed by atoms with van der Waals surface area (Å²) >= 11 is 12.4. The largest absolute Gasteiger partial charge is 0.337 e. The van der Waals surface area contributed by atoms with E-state index >= 15 is 0 Å². The van der Waals surface area contributed by atoms with E-state index in [-0.39, 0.29) is 11.4 Å². The Morgan fingerprint density at radius 2 is 2.00 bits per heavy atom. The first-order valence-corrected chi connectivity index (χ1v) is 11.6. The molecule has 1 amide bonds. The van der Waals surface area contributed by atoms with Crippen molar-refractivity contribution >= 4 is 40.9 Å². The molecule has 1 aromatic rings. The number of carbonyl (C=O) groups excluding carboxylic acids is 1. The van der Waals surface area contributed by atoms with Gasteiger partial charge in [0, 0.05) is 31.3 Å². The molecular formula is C24H31Cl2N3O. The Kier molecular flexibility index (Phi) is 7.78. The van der Waals surface area contributed by atoms with Crippen LogP contribution in [0, 0.1) is 0 Å². The predicted molar refractivity (Wildman–Crippen MR) is 127 cm³/mol. The second-order valence-corrected chi connectivity index (χ2v) is 9.10. The van der Waals surface area contributed by atoms with Gasteiger partial charge >= 0.3 is 0 Å². The van der Waals surface area contributed by atoms with Gasteiger partial charge in [-0.3, -0.25) is 9.79 Å². The van der Waals surface area contributed by atoms with Gasteiger partial charge in [0.05, 0.1) is 10.0 Å². The molecule has 1 unspecified atom stereocenters. The van der Waals surface area contributed by atoms with Gasteiger partial charge in [0.1, 0.15) is 5.70 Å². The second kappa shape index (κ2) is 10.1. The Labute approximate surface area is 190 Å². The monoisotopic (exact) mass is 447 g/mol. The van der Waals surface area contributed by atoms with Gasteiger partial charge in [0.15, 0.2) is 0 Å². The lowest BCUT2D eigenvalue weighted by Crippen LogP contribution is -2.43. The number of amides is 1. The molecule has 2 aliphatic rings. The van der Waals surface area contributed by atoms with Crippen LogP contribution >= 0.6 is 23.2 Å². The lowest BCUT2D eigenvalue weighted by atomic mass is 9.93. The van der Waals surface area contributed by atoms with Crippen molar-refractivity contribution in [1.82, 2.24) is 10.2 Å². The standard InChI is InChI=1S/C24H31Cl2N3O/c1-4-17-9-12-27-22(16-19(17)18-7-8-20(25)21(26)15-18)23(30)29-13-6-10-24(3,11-14-29)28-5-2/h7-8,12,15-16,28H,4-6,9-11,13-14H2,1-3H3. The molecule has 2 aliphatic heterocycles. The van der Waals surface area contributed by atoms with E-state index in [1.54, 1.807) is 6.07 Å². The number of carbonyl (C=O) groups is 1. The predicted octanol–water partition coefficient (Wildman–Crippen LogP) is 5.90. The molecule has 1 N–H and O–H groups in total. The molecular weight excluding hydrogens is 417 g/mol. The van der Waals surface area contributed by atoms with Crippen LogP contribution in [0.4, 0.5) is 0 Å². The van der Waals surface area contributed by atoms with E-state index in [1.807, 2.05) is 29.3 Å². The molecule has 3 rings (SSSR count). The molecule has 6 heteroatoms. The van der Waals surface area contributed by atoms with Crippen molar-refractivity contribution in [2.45, 2.75) is 58.4 Å². The molecule has 0 spiro atoms. The van der Waals surface area contributed by atoms with E-state index in [0.29, 0.717) is 15.7 Å². The van der Waals surface area contributed by atoms with Crippen molar-refractivity contribution in [1.29, 1.82) is 0 Å². The molecule has 1 fully saturated rings. The van der Waals surface area contributed by atoms with E-state index in [1.165, 1.54) is 5.57 Å². The normalized spacial score (nSPS) is 22.6. The fourth-order valence-corrected chi connectivity index (χ4v) is 4.59. The quantitative estimate of drug-likeness (QED) is 0.610. The van der Waals surface area contributed by atoms with Gasteiger partial charge in [-0.05, 0) is 68.5 Å². The van der Waals surface area contributed by atoms with Crippen LogP contribution in [0.25, 0.3) is 5.57 Å². The number of hydrogen-bond acceptors (Lipinski definition) is 3. The third-order valence-corrected chi connectivity index (χ3v) is 6.83. The number of rotatable bonds is 5. The van der Waals surface area contributed by atoms with Gasteiger partial charge in [0.25, 0.3) is 5.91 Å². The summed E-state index contributed by atoms with van der Waals surface area (Å²) in [5.41, 5.74) is 3.80. The number of nitrogens with one attached hydrogen (secondary N) is 1. The molecule has 30 heavy (non-hydrogen) atoms. The average Bonchev–Trinajstić information content (AvgIpc) is 3.06. The Hall–Kier alpha value is -1.62. The highest BCUT2D eigenvalue weighted by molar-refractivity contribution is 6.42. The highest BCUT2D eigenvalue weighted by Gasteiger charge is 2.30. The fraction of sp³-hybridized carbons (Fsp3) is 0.500. The van der Waals surface area contributed by atoms with Gasteiger partial charge in [-0.25, -0.2) is 0 Å². The van der Waals surface area contributed by atoms with Crippen molar-refractivity contribution in [2.24, 2.45) is 4.99 Å². The number of likely N-dealkylation sites (tertiary alicyclic amines) is 1. The van der Waals surface area contributed by atoms with Crippen LogP contribution in [-0.2, 0) is 4.79 Å². The molecule has 1 atom stereocenters. The summed E-state index contributed by atoms with van der Waals surface area (Å²) in [6.07, 6.45) is 8.39. The number of benzene rings is 1. The summed E-state index contributed by atoms with van der Waals surface area (Å²) in [7, 11) is 0. The maximum Gasteiger partial charge on any atom is 0.272 e. The van der Waals surface area contributed by atoms with Gasteiger partial charge in [0.2, 0.25) is 0 Å². The zero-order valence-corrected chi connectivity index (χ0v) is 19.6. The van der Waals surface area contributed by atoms with Crippen molar-refractivity contribution < 1.29 is 4.79 Å². The van der Waals surface area contributed by atoms with E-state index in [2.05, 4.69) is 31.1 Å². The minimum atomic E-state index is 0.00177.